The molecule has 6 nitrogen and oxygen atoms in total. The van der Waals surface area contributed by atoms with Crippen LogP contribution in [0.15, 0.2) is 18.2 Å². The molecule has 0 saturated heterocycles. The summed E-state index contributed by atoms with van der Waals surface area (Å²) in [6.45, 7) is 5.75. The smallest absolute Gasteiger partial charge is 0.255 e. The number of amides is 2. The van der Waals surface area contributed by atoms with Crippen LogP contribution >= 0.6 is 0 Å². The molecule has 0 aliphatic carbocycles. The normalized spacial score (nSPS) is 10.5. The number of hydrogen-bond donors (Lipinski definition) is 2. The van der Waals surface area contributed by atoms with Gasteiger partial charge in [0.25, 0.3) is 11.8 Å². The second-order valence-electron chi connectivity index (χ2n) is 5.65. The maximum Gasteiger partial charge on any atom is 0.255 e. The van der Waals surface area contributed by atoms with Crippen LogP contribution in [0.3, 0.4) is 0 Å². The molecule has 1 aromatic heterocycles. The summed E-state index contributed by atoms with van der Waals surface area (Å²) in [6.07, 6.45) is 0. The first-order valence-corrected chi connectivity index (χ1v) is 7.64. The Bertz CT molecular complexity index is 783. The van der Waals surface area contributed by atoms with Crippen molar-refractivity contribution in [2.24, 2.45) is 7.05 Å². The van der Waals surface area contributed by atoms with Gasteiger partial charge in [0.1, 0.15) is 5.82 Å². The number of halogens is 1. The van der Waals surface area contributed by atoms with Gasteiger partial charge in [-0.1, -0.05) is 6.07 Å². The molecule has 2 N–H and O–H groups in total. The molecular weight excluding hydrogens is 311 g/mol. The van der Waals surface area contributed by atoms with E-state index in [0.717, 1.165) is 5.69 Å². The highest BCUT2D eigenvalue weighted by molar-refractivity contribution is 5.96. The van der Waals surface area contributed by atoms with E-state index in [1.807, 2.05) is 6.92 Å². The second kappa shape index (κ2) is 7.25. The summed E-state index contributed by atoms with van der Waals surface area (Å²) in [5.74, 6) is -1.02. The van der Waals surface area contributed by atoms with E-state index in [1.54, 1.807) is 37.7 Å². The fourth-order valence-corrected chi connectivity index (χ4v) is 2.38. The van der Waals surface area contributed by atoms with Gasteiger partial charge in [-0.2, -0.15) is 5.10 Å². The maximum absolute atomic E-state index is 13.5. The monoisotopic (exact) mass is 332 g/mol. The standard InChI is InChI=1S/C17H21FN4O2/c1-10-5-6-13(9-14(10)18)16(23)19-7-8-20-17(24)15-11(2)21-22(4)12(15)3/h5-6,9H,7-8H2,1-4H3,(H,19,23)(H,20,24). The molecule has 0 unspecified atom stereocenters. The van der Waals surface area contributed by atoms with Gasteiger partial charge in [0.15, 0.2) is 0 Å². The minimum atomic E-state index is -0.418. The van der Waals surface area contributed by atoms with Crippen LogP contribution in [0, 0.1) is 26.6 Å². The van der Waals surface area contributed by atoms with Gasteiger partial charge >= 0.3 is 0 Å². The van der Waals surface area contributed by atoms with Gasteiger partial charge in [0.05, 0.1) is 11.3 Å². The van der Waals surface area contributed by atoms with Crippen molar-refractivity contribution in [3.8, 4) is 0 Å². The molecule has 128 valence electrons. The van der Waals surface area contributed by atoms with E-state index in [1.165, 1.54) is 6.07 Å². The van der Waals surface area contributed by atoms with E-state index < -0.39 is 5.82 Å². The van der Waals surface area contributed by atoms with Crippen molar-refractivity contribution in [3.63, 3.8) is 0 Å². The van der Waals surface area contributed by atoms with Crippen LogP contribution in [0.1, 0.15) is 37.7 Å². The molecule has 0 fully saturated rings. The highest BCUT2D eigenvalue weighted by Crippen LogP contribution is 2.11. The molecule has 2 rings (SSSR count). The van der Waals surface area contributed by atoms with Crippen LogP contribution in [0.5, 0.6) is 0 Å². The Labute approximate surface area is 140 Å². The summed E-state index contributed by atoms with van der Waals surface area (Å²) >= 11 is 0. The molecule has 0 radical (unpaired) electrons. The van der Waals surface area contributed by atoms with Crippen molar-refractivity contribution in [1.29, 1.82) is 0 Å². The van der Waals surface area contributed by atoms with E-state index in [9.17, 15) is 14.0 Å². The van der Waals surface area contributed by atoms with Crippen molar-refractivity contribution in [1.82, 2.24) is 20.4 Å². The Hall–Kier alpha value is -2.70. The molecule has 0 bridgehead atoms. The lowest BCUT2D eigenvalue weighted by Gasteiger charge is -2.08. The summed E-state index contributed by atoms with van der Waals surface area (Å²) in [5.41, 5.74) is 2.73. The topological polar surface area (TPSA) is 76.0 Å². The third-order valence-corrected chi connectivity index (χ3v) is 3.87. The van der Waals surface area contributed by atoms with E-state index in [2.05, 4.69) is 15.7 Å². The van der Waals surface area contributed by atoms with Gasteiger partial charge in [-0.25, -0.2) is 4.39 Å². The summed E-state index contributed by atoms with van der Waals surface area (Å²) in [4.78, 5) is 24.1. The van der Waals surface area contributed by atoms with Crippen LogP contribution in [-0.2, 0) is 7.05 Å². The minimum absolute atomic E-state index is 0.228. The molecule has 2 aromatic rings. The van der Waals surface area contributed by atoms with Gasteiger partial charge < -0.3 is 10.6 Å². The minimum Gasteiger partial charge on any atom is -0.350 e. The average molecular weight is 332 g/mol. The fraction of sp³-hybridized carbons (Fsp3) is 0.353. The molecule has 24 heavy (non-hydrogen) atoms. The number of aryl methyl sites for hydroxylation is 3. The van der Waals surface area contributed by atoms with Crippen molar-refractivity contribution >= 4 is 11.8 Å². The van der Waals surface area contributed by atoms with Gasteiger partial charge in [-0.15, -0.1) is 0 Å². The lowest BCUT2D eigenvalue weighted by atomic mass is 10.1. The Morgan fingerprint density at radius 3 is 2.29 bits per heavy atom. The van der Waals surface area contributed by atoms with Gasteiger partial charge in [0, 0.05) is 31.4 Å². The van der Waals surface area contributed by atoms with Gasteiger partial charge in [0.2, 0.25) is 0 Å². The van der Waals surface area contributed by atoms with E-state index >= 15 is 0 Å². The van der Waals surface area contributed by atoms with Crippen molar-refractivity contribution in [2.75, 3.05) is 13.1 Å². The third-order valence-electron chi connectivity index (χ3n) is 3.87. The SMILES string of the molecule is Cc1ccc(C(=O)NCCNC(=O)c2c(C)nn(C)c2C)cc1F. The zero-order valence-electron chi connectivity index (χ0n) is 14.2. The first-order chi connectivity index (χ1) is 11.3. The molecule has 0 spiro atoms. The Kier molecular flexibility index (Phi) is 5.33. The van der Waals surface area contributed by atoms with Crippen molar-refractivity contribution in [2.45, 2.75) is 20.8 Å². The summed E-state index contributed by atoms with van der Waals surface area (Å²) in [7, 11) is 1.78. The molecule has 1 heterocycles. The predicted octanol–water partition coefficient (Wildman–Crippen LogP) is 1.64. The lowest BCUT2D eigenvalue weighted by molar-refractivity contribution is 0.0926. The Balaban J connectivity index is 1.85. The molecule has 0 aliphatic heterocycles. The first-order valence-electron chi connectivity index (χ1n) is 7.64. The quantitative estimate of drug-likeness (QED) is 0.818. The fourth-order valence-electron chi connectivity index (χ4n) is 2.38. The predicted molar refractivity (Wildman–Crippen MR) is 88.5 cm³/mol. The van der Waals surface area contributed by atoms with Crippen LogP contribution in [0.2, 0.25) is 0 Å². The highest BCUT2D eigenvalue weighted by Gasteiger charge is 2.16. The summed E-state index contributed by atoms with van der Waals surface area (Å²) in [6, 6.07) is 4.32. The van der Waals surface area contributed by atoms with Gasteiger partial charge in [-0.05, 0) is 38.5 Å². The van der Waals surface area contributed by atoms with Crippen molar-refractivity contribution < 1.29 is 14.0 Å². The second-order valence-corrected chi connectivity index (χ2v) is 5.65. The molecular formula is C17H21FN4O2. The average Bonchev–Trinajstić information content (AvgIpc) is 2.79. The molecule has 2 amide bonds. The maximum atomic E-state index is 13.5. The summed E-state index contributed by atoms with van der Waals surface area (Å²) in [5, 5.41) is 9.58. The van der Waals surface area contributed by atoms with Crippen molar-refractivity contribution in [3.05, 3.63) is 52.1 Å². The third kappa shape index (κ3) is 3.79. The summed E-state index contributed by atoms with van der Waals surface area (Å²) < 4.78 is 15.1. The van der Waals surface area contributed by atoms with E-state index in [-0.39, 0.29) is 30.5 Å². The number of carbonyl (C=O) groups excluding carboxylic acids is 2. The number of rotatable bonds is 5. The van der Waals surface area contributed by atoms with Crippen LogP contribution in [0.25, 0.3) is 0 Å². The Morgan fingerprint density at radius 2 is 1.75 bits per heavy atom. The van der Waals surface area contributed by atoms with Gasteiger partial charge in [-0.3, -0.25) is 14.3 Å². The molecule has 7 heteroatoms. The molecule has 0 aliphatic rings. The van der Waals surface area contributed by atoms with Crippen LogP contribution in [-0.4, -0.2) is 34.7 Å². The number of nitrogens with one attached hydrogen (secondary N) is 2. The number of benzene rings is 1. The lowest BCUT2D eigenvalue weighted by Crippen LogP contribution is -2.35. The van der Waals surface area contributed by atoms with Crippen LogP contribution in [0.4, 0.5) is 4.39 Å². The number of aromatic nitrogens is 2. The van der Waals surface area contributed by atoms with Crippen LogP contribution < -0.4 is 10.6 Å². The number of hydrogen-bond acceptors (Lipinski definition) is 3. The van der Waals surface area contributed by atoms with E-state index in [4.69, 9.17) is 0 Å². The first kappa shape index (κ1) is 17.7. The molecule has 0 atom stereocenters. The zero-order chi connectivity index (χ0) is 17.9. The molecule has 0 saturated carbocycles. The Morgan fingerprint density at radius 1 is 1.12 bits per heavy atom. The number of nitrogens with zero attached hydrogens (tertiary/aromatic N) is 2. The molecule has 1 aromatic carbocycles. The zero-order valence-corrected chi connectivity index (χ0v) is 14.2. The largest absolute Gasteiger partial charge is 0.350 e. The van der Waals surface area contributed by atoms with E-state index in [0.29, 0.717) is 16.8 Å². The number of carbonyl (C=O) groups is 2. The highest BCUT2D eigenvalue weighted by atomic mass is 19.1.